The number of fused-ring (bicyclic) bond motifs is 1. The number of Topliss-reactive ketones (excluding diaryl/α,β-unsaturated/α-hetero) is 1. The van der Waals surface area contributed by atoms with E-state index in [1.54, 1.807) is 42.0 Å². The first-order chi connectivity index (χ1) is 14.1. The van der Waals surface area contributed by atoms with E-state index in [-0.39, 0.29) is 17.1 Å². The Morgan fingerprint density at radius 2 is 2.00 bits per heavy atom. The summed E-state index contributed by atoms with van der Waals surface area (Å²) in [5.74, 6) is 1.52. The number of methoxy groups -OCH3 is 1. The van der Waals surface area contributed by atoms with E-state index in [4.69, 9.17) is 21.3 Å². The van der Waals surface area contributed by atoms with Crippen LogP contribution < -0.4 is 10.3 Å². The predicted octanol–water partition coefficient (Wildman–Crippen LogP) is 4.52. The second-order valence-electron chi connectivity index (χ2n) is 6.30. The third-order valence-electron chi connectivity index (χ3n) is 4.49. The Morgan fingerprint density at radius 1 is 1.24 bits per heavy atom. The number of ketones is 1. The van der Waals surface area contributed by atoms with E-state index < -0.39 is 0 Å². The minimum Gasteiger partial charge on any atom is -0.495 e. The third-order valence-corrected chi connectivity index (χ3v) is 6.79. The predicted molar refractivity (Wildman–Crippen MR) is 117 cm³/mol. The van der Waals surface area contributed by atoms with E-state index in [1.165, 1.54) is 23.5 Å². The van der Waals surface area contributed by atoms with Crippen molar-refractivity contribution in [1.82, 2.24) is 9.55 Å². The van der Waals surface area contributed by atoms with Crippen molar-refractivity contribution in [2.45, 2.75) is 16.5 Å². The Balaban J connectivity index is 1.73. The van der Waals surface area contributed by atoms with Crippen molar-refractivity contribution >= 4 is 40.9 Å². The molecular formula is C21H17ClN2O3S2. The topological polar surface area (TPSA) is 61.2 Å². The highest BCUT2D eigenvalue weighted by atomic mass is 35.5. The van der Waals surface area contributed by atoms with Crippen LogP contribution >= 0.6 is 35.1 Å². The molecule has 0 N–H and O–H groups in total. The van der Waals surface area contributed by atoms with Crippen LogP contribution in [0.1, 0.15) is 16.1 Å². The maximum absolute atomic E-state index is 13.2. The van der Waals surface area contributed by atoms with Crippen LogP contribution in [-0.4, -0.2) is 33.9 Å². The zero-order valence-electron chi connectivity index (χ0n) is 15.6. The first kappa shape index (κ1) is 20.1. The number of carbonyl (C=O) groups excluding carboxylic acids is 1. The standard InChI is InChI=1S/C21H17ClN2O3S2/c1-27-18-5-3-2-4-16(18)24-20(26)19-15(10-11-28-19)23-21(24)29-12-17(25)13-6-8-14(22)9-7-13/h2-9H,10-12H2,1H3. The summed E-state index contributed by atoms with van der Waals surface area (Å²) in [7, 11) is 1.57. The third kappa shape index (κ3) is 4.08. The van der Waals surface area contributed by atoms with E-state index in [9.17, 15) is 9.59 Å². The highest BCUT2D eigenvalue weighted by molar-refractivity contribution is 8.00. The van der Waals surface area contributed by atoms with Gasteiger partial charge in [0.1, 0.15) is 5.75 Å². The molecule has 0 aliphatic carbocycles. The molecule has 0 unspecified atom stereocenters. The van der Waals surface area contributed by atoms with Crippen LogP contribution in [0, 0.1) is 0 Å². The minimum atomic E-state index is -0.122. The molecule has 8 heteroatoms. The lowest BCUT2D eigenvalue weighted by Crippen LogP contribution is -2.24. The number of hydrogen-bond acceptors (Lipinski definition) is 6. The van der Waals surface area contributed by atoms with Gasteiger partial charge >= 0.3 is 0 Å². The molecule has 3 aromatic rings. The van der Waals surface area contributed by atoms with E-state index in [1.807, 2.05) is 18.2 Å². The normalized spacial score (nSPS) is 12.6. The molecule has 0 saturated heterocycles. The van der Waals surface area contributed by atoms with Crippen molar-refractivity contribution in [3.05, 3.63) is 75.2 Å². The fourth-order valence-electron chi connectivity index (χ4n) is 3.07. The molecule has 5 nitrogen and oxygen atoms in total. The highest BCUT2D eigenvalue weighted by Gasteiger charge is 2.24. The molecule has 0 spiro atoms. The number of hydrogen-bond donors (Lipinski definition) is 0. The van der Waals surface area contributed by atoms with Gasteiger partial charge < -0.3 is 4.74 Å². The summed E-state index contributed by atoms with van der Waals surface area (Å²) in [6.45, 7) is 0. The molecule has 4 rings (SSSR count). The SMILES string of the molecule is COc1ccccc1-n1c(SCC(=O)c2ccc(Cl)cc2)nc2c(c1=O)SCC2. The lowest BCUT2D eigenvalue weighted by atomic mass is 10.1. The summed E-state index contributed by atoms with van der Waals surface area (Å²) < 4.78 is 7.00. The number of aromatic nitrogens is 2. The smallest absolute Gasteiger partial charge is 0.272 e. The number of para-hydroxylation sites is 2. The monoisotopic (exact) mass is 444 g/mol. The Morgan fingerprint density at radius 3 is 2.76 bits per heavy atom. The molecule has 1 aliphatic heterocycles. The number of carbonyl (C=O) groups is 1. The second-order valence-corrected chi connectivity index (χ2v) is 8.78. The number of halogens is 1. The lowest BCUT2D eigenvalue weighted by molar-refractivity contribution is 0.102. The molecule has 0 atom stereocenters. The molecule has 0 fully saturated rings. The van der Waals surface area contributed by atoms with Crippen LogP contribution in [-0.2, 0) is 6.42 Å². The van der Waals surface area contributed by atoms with E-state index >= 15 is 0 Å². The van der Waals surface area contributed by atoms with Gasteiger partial charge in [0.2, 0.25) is 0 Å². The zero-order valence-corrected chi connectivity index (χ0v) is 17.9. The molecule has 2 aromatic carbocycles. The molecule has 1 aliphatic rings. The number of ether oxygens (including phenoxy) is 1. The van der Waals surface area contributed by atoms with Crippen LogP contribution in [0.3, 0.4) is 0 Å². The Labute approximate surface area is 181 Å². The van der Waals surface area contributed by atoms with Crippen molar-refractivity contribution in [3.8, 4) is 11.4 Å². The summed E-state index contributed by atoms with van der Waals surface area (Å²) >= 11 is 8.68. The van der Waals surface area contributed by atoms with Gasteiger partial charge in [-0.3, -0.25) is 14.2 Å². The number of thioether (sulfide) groups is 2. The summed E-state index contributed by atoms with van der Waals surface area (Å²) in [5.41, 5.74) is 1.87. The highest BCUT2D eigenvalue weighted by Crippen LogP contribution is 2.32. The molecule has 0 amide bonds. The zero-order chi connectivity index (χ0) is 20.4. The van der Waals surface area contributed by atoms with Gasteiger partial charge in [0, 0.05) is 22.8 Å². The number of nitrogens with zero attached hydrogens (tertiary/aromatic N) is 2. The maximum Gasteiger partial charge on any atom is 0.272 e. The lowest BCUT2D eigenvalue weighted by Gasteiger charge is -2.16. The minimum absolute atomic E-state index is 0.0534. The van der Waals surface area contributed by atoms with Crippen LogP contribution in [0.25, 0.3) is 5.69 Å². The maximum atomic E-state index is 13.2. The average Bonchev–Trinajstić information content (AvgIpc) is 3.21. The molecule has 29 heavy (non-hydrogen) atoms. The van der Waals surface area contributed by atoms with Crippen LogP contribution in [0.5, 0.6) is 5.75 Å². The quantitative estimate of drug-likeness (QED) is 0.316. The molecule has 1 aromatic heterocycles. The van der Waals surface area contributed by atoms with Gasteiger partial charge in [0.05, 0.1) is 29.1 Å². The van der Waals surface area contributed by atoms with Gasteiger partial charge in [-0.05, 0) is 36.4 Å². The first-order valence-electron chi connectivity index (χ1n) is 8.92. The van der Waals surface area contributed by atoms with E-state index in [2.05, 4.69) is 0 Å². The number of aryl methyl sites for hydroxylation is 1. The Bertz CT molecular complexity index is 1130. The molecular weight excluding hydrogens is 428 g/mol. The summed E-state index contributed by atoms with van der Waals surface area (Å²) in [5, 5.41) is 1.07. The van der Waals surface area contributed by atoms with Gasteiger partial charge in [0.15, 0.2) is 10.9 Å². The molecule has 0 radical (unpaired) electrons. The van der Waals surface area contributed by atoms with Crippen molar-refractivity contribution in [2.24, 2.45) is 0 Å². The molecule has 0 saturated carbocycles. The van der Waals surface area contributed by atoms with Gasteiger partial charge in [0.25, 0.3) is 5.56 Å². The van der Waals surface area contributed by atoms with E-state index in [0.29, 0.717) is 32.1 Å². The molecule has 148 valence electrons. The second kappa shape index (κ2) is 8.65. The molecule has 2 heterocycles. The van der Waals surface area contributed by atoms with Crippen molar-refractivity contribution in [2.75, 3.05) is 18.6 Å². The van der Waals surface area contributed by atoms with Crippen molar-refractivity contribution in [3.63, 3.8) is 0 Å². The molecule has 0 bridgehead atoms. The fraction of sp³-hybridized carbons (Fsp3) is 0.190. The van der Waals surface area contributed by atoms with Crippen LogP contribution in [0.15, 0.2) is 63.4 Å². The Kier molecular flexibility index (Phi) is 5.99. The summed E-state index contributed by atoms with van der Waals surface area (Å²) in [6.07, 6.45) is 0.751. The summed E-state index contributed by atoms with van der Waals surface area (Å²) in [4.78, 5) is 31.2. The van der Waals surface area contributed by atoms with E-state index in [0.717, 1.165) is 17.9 Å². The van der Waals surface area contributed by atoms with Crippen LogP contribution in [0.4, 0.5) is 0 Å². The van der Waals surface area contributed by atoms with Crippen LogP contribution in [0.2, 0.25) is 5.02 Å². The Hall–Kier alpha value is -2.22. The van der Waals surface area contributed by atoms with Crippen molar-refractivity contribution in [1.29, 1.82) is 0 Å². The summed E-state index contributed by atoms with van der Waals surface area (Å²) in [6, 6.07) is 14.1. The van der Waals surface area contributed by atoms with Gasteiger partial charge in [-0.15, -0.1) is 11.8 Å². The number of benzene rings is 2. The van der Waals surface area contributed by atoms with Gasteiger partial charge in [-0.25, -0.2) is 4.98 Å². The largest absolute Gasteiger partial charge is 0.495 e. The first-order valence-corrected chi connectivity index (χ1v) is 11.3. The van der Waals surface area contributed by atoms with Gasteiger partial charge in [-0.2, -0.15) is 0 Å². The van der Waals surface area contributed by atoms with Crippen molar-refractivity contribution < 1.29 is 9.53 Å². The average molecular weight is 445 g/mol. The number of rotatable bonds is 6. The van der Waals surface area contributed by atoms with Gasteiger partial charge in [-0.1, -0.05) is 35.5 Å². The fourth-order valence-corrected chi connectivity index (χ4v) is 5.13.